The normalized spacial score (nSPS) is 14.1. The first-order valence-electron chi connectivity index (χ1n) is 10.3. The average Bonchev–Trinajstić information content (AvgIpc) is 3.19. The number of rotatable bonds is 2. The first kappa shape index (κ1) is 20.1. The number of aliphatic imine (C=N–C) groups is 1. The van der Waals surface area contributed by atoms with E-state index in [0.29, 0.717) is 22.5 Å². The number of aromatic hydroxyl groups is 1. The van der Waals surface area contributed by atoms with E-state index in [2.05, 4.69) is 69.7 Å². The minimum absolute atomic E-state index is 0.0209. The predicted molar refractivity (Wildman–Crippen MR) is 122 cm³/mol. The topological polar surface area (TPSA) is 65.5 Å². The van der Waals surface area contributed by atoms with Gasteiger partial charge in [0.05, 0.1) is 22.5 Å². The van der Waals surface area contributed by atoms with E-state index in [0.717, 1.165) is 22.3 Å². The van der Waals surface area contributed by atoms with E-state index < -0.39 is 0 Å². The maximum Gasteiger partial charge on any atom is 0.280 e. The summed E-state index contributed by atoms with van der Waals surface area (Å²) in [6.07, 6.45) is 0. The molecule has 0 spiro atoms. The summed E-state index contributed by atoms with van der Waals surface area (Å²) in [7, 11) is 0. The smallest absolute Gasteiger partial charge is 0.280 e. The molecule has 0 saturated heterocycles. The zero-order valence-corrected chi connectivity index (χ0v) is 18.4. The van der Waals surface area contributed by atoms with Crippen LogP contribution in [0.5, 0.6) is 5.88 Å². The molecule has 30 heavy (non-hydrogen) atoms. The van der Waals surface area contributed by atoms with Crippen LogP contribution in [-0.2, 0) is 10.8 Å². The molecule has 4 nitrogen and oxygen atoms in total. The number of aromatic nitrogens is 1. The lowest BCUT2D eigenvalue weighted by Gasteiger charge is -2.19. The van der Waals surface area contributed by atoms with Crippen LogP contribution in [-0.4, -0.2) is 21.7 Å². The van der Waals surface area contributed by atoms with Crippen LogP contribution in [0.25, 0.3) is 11.3 Å². The van der Waals surface area contributed by atoms with Gasteiger partial charge in [0.15, 0.2) is 5.88 Å². The summed E-state index contributed by atoms with van der Waals surface area (Å²) >= 11 is 0. The number of benzene rings is 2. The Kier molecular flexibility index (Phi) is 4.50. The highest BCUT2D eigenvalue weighted by Gasteiger charge is 2.34. The van der Waals surface area contributed by atoms with Crippen molar-refractivity contribution in [3.63, 3.8) is 0 Å². The quantitative estimate of drug-likeness (QED) is 0.556. The first-order chi connectivity index (χ1) is 14.0. The molecule has 2 aromatic carbocycles. The number of aromatic amines is 1. The van der Waals surface area contributed by atoms with Crippen LogP contribution >= 0.6 is 0 Å². The number of hydrogen-bond acceptors (Lipinski definition) is 2. The maximum atomic E-state index is 12.9. The average molecular weight is 401 g/mol. The fraction of sp³-hybridized carbons (Fsp3) is 0.308. The maximum absolute atomic E-state index is 12.9. The summed E-state index contributed by atoms with van der Waals surface area (Å²) < 4.78 is 0. The third-order valence-electron chi connectivity index (χ3n) is 5.66. The molecule has 2 heterocycles. The van der Waals surface area contributed by atoms with E-state index in [1.807, 2.05) is 30.3 Å². The van der Waals surface area contributed by atoms with Crippen molar-refractivity contribution < 1.29 is 9.90 Å². The predicted octanol–water partition coefficient (Wildman–Crippen LogP) is 5.97. The molecular formula is C26H28N2O2. The molecule has 154 valence electrons. The molecule has 0 saturated carbocycles. The molecule has 2 N–H and O–H groups in total. The van der Waals surface area contributed by atoms with E-state index in [9.17, 15) is 9.90 Å². The van der Waals surface area contributed by atoms with Gasteiger partial charge in [-0.2, -0.15) is 0 Å². The minimum atomic E-state index is -0.325. The van der Waals surface area contributed by atoms with Crippen molar-refractivity contribution in [1.82, 2.24) is 4.98 Å². The molecule has 1 aliphatic rings. The molecule has 1 aliphatic heterocycles. The molecule has 4 heteroatoms. The molecule has 0 aliphatic carbocycles. The summed E-state index contributed by atoms with van der Waals surface area (Å²) in [4.78, 5) is 20.3. The van der Waals surface area contributed by atoms with Crippen molar-refractivity contribution in [1.29, 1.82) is 0 Å². The van der Waals surface area contributed by atoms with Crippen LogP contribution in [0.15, 0.2) is 53.5 Å². The summed E-state index contributed by atoms with van der Waals surface area (Å²) in [6, 6.07) is 16.1. The van der Waals surface area contributed by atoms with Gasteiger partial charge >= 0.3 is 0 Å². The Hall–Kier alpha value is -3.14. The van der Waals surface area contributed by atoms with E-state index in [-0.39, 0.29) is 22.6 Å². The van der Waals surface area contributed by atoms with Gasteiger partial charge < -0.3 is 10.1 Å². The van der Waals surface area contributed by atoms with Gasteiger partial charge in [-0.15, -0.1) is 0 Å². The van der Waals surface area contributed by atoms with Crippen LogP contribution in [0, 0.1) is 0 Å². The second kappa shape index (κ2) is 6.69. The third kappa shape index (κ3) is 3.36. The fourth-order valence-corrected chi connectivity index (χ4v) is 3.84. The monoisotopic (exact) mass is 400 g/mol. The second-order valence-electron chi connectivity index (χ2n) is 10.0. The molecule has 3 aromatic rings. The van der Waals surface area contributed by atoms with Gasteiger partial charge in [-0.1, -0.05) is 77.9 Å². The van der Waals surface area contributed by atoms with Crippen molar-refractivity contribution in [2.45, 2.75) is 52.4 Å². The summed E-state index contributed by atoms with van der Waals surface area (Å²) in [6.45, 7) is 12.9. The highest BCUT2D eigenvalue weighted by Crippen LogP contribution is 2.39. The Morgan fingerprint density at radius 1 is 0.800 bits per heavy atom. The van der Waals surface area contributed by atoms with E-state index in [4.69, 9.17) is 0 Å². The van der Waals surface area contributed by atoms with Gasteiger partial charge in [-0.25, -0.2) is 4.99 Å². The first-order valence-corrected chi connectivity index (χ1v) is 10.3. The van der Waals surface area contributed by atoms with Crippen LogP contribution in [0.2, 0.25) is 0 Å². The number of hydrogen-bond donors (Lipinski definition) is 2. The molecule has 0 unspecified atom stereocenters. The van der Waals surface area contributed by atoms with Crippen molar-refractivity contribution in [2.75, 3.05) is 0 Å². The van der Waals surface area contributed by atoms with Crippen LogP contribution < -0.4 is 0 Å². The summed E-state index contributed by atoms with van der Waals surface area (Å²) in [5.41, 5.74) is 6.03. The number of carbonyl (C=O) groups is 1. The lowest BCUT2D eigenvalue weighted by Crippen LogP contribution is -2.12. The van der Waals surface area contributed by atoms with Crippen molar-refractivity contribution in [3.05, 3.63) is 76.3 Å². The van der Waals surface area contributed by atoms with Crippen LogP contribution in [0.4, 0.5) is 0 Å². The number of amides is 1. The molecule has 0 atom stereocenters. The van der Waals surface area contributed by atoms with Crippen LogP contribution in [0.3, 0.4) is 0 Å². The Morgan fingerprint density at radius 3 is 1.90 bits per heavy atom. The Labute approximate surface area is 177 Å². The molecular weight excluding hydrogens is 372 g/mol. The highest BCUT2D eigenvalue weighted by atomic mass is 16.3. The number of H-pyrrole nitrogens is 1. The van der Waals surface area contributed by atoms with Crippen molar-refractivity contribution in [2.24, 2.45) is 4.99 Å². The van der Waals surface area contributed by atoms with Crippen molar-refractivity contribution >= 4 is 11.6 Å². The van der Waals surface area contributed by atoms with Gasteiger partial charge in [-0.05, 0) is 39.7 Å². The third-order valence-corrected chi connectivity index (χ3v) is 5.66. The van der Waals surface area contributed by atoms with Gasteiger partial charge in [-0.3, -0.25) is 4.79 Å². The molecule has 1 aromatic heterocycles. The van der Waals surface area contributed by atoms with Gasteiger partial charge in [0.1, 0.15) is 0 Å². The zero-order valence-electron chi connectivity index (χ0n) is 18.4. The highest BCUT2D eigenvalue weighted by molar-refractivity contribution is 6.30. The number of carbonyl (C=O) groups excluding carboxylic acids is 1. The van der Waals surface area contributed by atoms with Gasteiger partial charge in [0, 0.05) is 5.56 Å². The van der Waals surface area contributed by atoms with Crippen LogP contribution in [0.1, 0.15) is 74.2 Å². The lowest BCUT2D eigenvalue weighted by molar-refractivity contribution is 0.101. The standard InChI is InChI=1S/C26H28N2O2/c1-25(2,3)17-11-7-9-15(13-17)21-19-20(24(30)27-21)22(28-23(19)29)16-10-8-12-18(14-16)26(4,5)6/h7-14,27,30H,1-6H3. The second-order valence-corrected chi connectivity index (χ2v) is 10.0. The molecule has 1 amide bonds. The Bertz CT molecular complexity index is 1180. The number of nitrogens with zero attached hydrogens (tertiary/aromatic N) is 1. The van der Waals surface area contributed by atoms with E-state index in [1.54, 1.807) is 0 Å². The van der Waals surface area contributed by atoms with Gasteiger partial charge in [0.25, 0.3) is 5.91 Å². The van der Waals surface area contributed by atoms with Gasteiger partial charge in [0.2, 0.25) is 0 Å². The largest absolute Gasteiger partial charge is 0.494 e. The summed E-state index contributed by atoms with van der Waals surface area (Å²) in [5.74, 6) is -0.346. The number of nitrogens with one attached hydrogen (secondary N) is 1. The molecule has 0 bridgehead atoms. The van der Waals surface area contributed by atoms with Crippen molar-refractivity contribution in [3.8, 4) is 17.1 Å². The fourth-order valence-electron chi connectivity index (χ4n) is 3.84. The SMILES string of the molecule is CC(C)(C)c1cccc(C2=NC(=O)c3c(-c4cccc(C(C)(C)C)c4)[nH]c(O)c32)c1. The zero-order chi connectivity index (χ0) is 21.8. The van der Waals surface area contributed by atoms with E-state index >= 15 is 0 Å². The minimum Gasteiger partial charge on any atom is -0.494 e. The Balaban J connectivity index is 1.84. The molecule has 0 radical (unpaired) electrons. The number of fused-ring (bicyclic) bond motifs is 1. The summed E-state index contributed by atoms with van der Waals surface area (Å²) in [5, 5.41) is 10.7. The lowest BCUT2D eigenvalue weighted by atomic mass is 9.85. The van der Waals surface area contributed by atoms with E-state index in [1.165, 1.54) is 0 Å². The Morgan fingerprint density at radius 2 is 1.33 bits per heavy atom. The molecule has 0 fully saturated rings. The molecule has 4 rings (SSSR count).